The summed E-state index contributed by atoms with van der Waals surface area (Å²) in [5.74, 6) is 0.841. The molecule has 7 heteroatoms. The summed E-state index contributed by atoms with van der Waals surface area (Å²) in [4.78, 5) is 22.0. The highest BCUT2D eigenvalue weighted by Crippen LogP contribution is 2.48. The van der Waals surface area contributed by atoms with Crippen LogP contribution in [0.1, 0.15) is 19.8 Å². The fourth-order valence-corrected chi connectivity index (χ4v) is 3.52. The Morgan fingerprint density at radius 1 is 1.45 bits per heavy atom. The van der Waals surface area contributed by atoms with Crippen LogP contribution in [0.4, 0.5) is 0 Å². The van der Waals surface area contributed by atoms with Gasteiger partial charge in [-0.1, -0.05) is 0 Å². The summed E-state index contributed by atoms with van der Waals surface area (Å²) < 4.78 is 1.83. The first-order valence-electron chi connectivity index (χ1n) is 6.76. The third kappa shape index (κ3) is 1.78. The van der Waals surface area contributed by atoms with Gasteiger partial charge < -0.3 is 4.90 Å². The first-order valence-corrected chi connectivity index (χ1v) is 7.14. The summed E-state index contributed by atoms with van der Waals surface area (Å²) in [6.07, 6.45) is 5.62. The predicted molar refractivity (Wildman–Crippen MR) is 73.2 cm³/mol. The molecule has 0 spiro atoms. The Balaban J connectivity index is 1.64. The molecule has 2 fully saturated rings. The van der Waals surface area contributed by atoms with Crippen LogP contribution in [0.5, 0.6) is 0 Å². The maximum Gasteiger partial charge on any atom is 0.224 e. The van der Waals surface area contributed by atoms with Crippen LogP contribution in [0.3, 0.4) is 0 Å². The molecule has 2 aromatic rings. The molecule has 4 rings (SSSR count). The smallest absolute Gasteiger partial charge is 0.224 e. The number of carbonyl (C=O) groups is 1. The maximum atomic E-state index is 11.8. The van der Waals surface area contributed by atoms with Gasteiger partial charge in [0.2, 0.25) is 11.2 Å². The van der Waals surface area contributed by atoms with E-state index < -0.39 is 0 Å². The molecule has 0 aromatic carbocycles. The van der Waals surface area contributed by atoms with Gasteiger partial charge in [0.25, 0.3) is 0 Å². The molecule has 6 nitrogen and oxygen atoms in total. The molecular weight excluding hydrogens is 278 g/mol. The quantitative estimate of drug-likeness (QED) is 0.787. The number of hydrogen-bond acceptors (Lipinski definition) is 4. The molecule has 2 aliphatic rings. The monoisotopic (exact) mass is 291 g/mol. The zero-order valence-corrected chi connectivity index (χ0v) is 11.8. The van der Waals surface area contributed by atoms with Gasteiger partial charge in [-0.2, -0.15) is 10.1 Å². The predicted octanol–water partition coefficient (Wildman–Crippen LogP) is 1.49. The summed E-state index contributed by atoms with van der Waals surface area (Å²) in [6, 6.07) is 0.672. The van der Waals surface area contributed by atoms with Crippen molar-refractivity contribution in [1.29, 1.82) is 0 Å². The van der Waals surface area contributed by atoms with Crippen LogP contribution in [0, 0.1) is 5.92 Å². The van der Waals surface area contributed by atoms with Crippen LogP contribution in [-0.2, 0) is 11.3 Å². The van der Waals surface area contributed by atoms with Gasteiger partial charge in [0.1, 0.15) is 0 Å². The molecule has 20 heavy (non-hydrogen) atoms. The Kier molecular flexibility index (Phi) is 2.51. The SMILES string of the molecule is CC(=O)N1[C@H](Cn2ncc3cnc(Cl)nc32)C[C@H]2C[C@H]21. The molecule has 1 saturated carbocycles. The molecule has 0 N–H and O–H groups in total. The van der Waals surface area contributed by atoms with E-state index in [1.54, 1.807) is 19.3 Å². The standard InChI is InChI=1S/C13H14ClN5O/c1-7(20)19-10(2-8-3-11(8)19)6-18-12-9(5-16-18)4-15-13(14)17-12/h4-5,8,10-11H,2-3,6H2,1H3/t8-,10-,11+/m0/s1. The number of likely N-dealkylation sites (tertiary alicyclic amines) is 1. The molecule has 2 aromatic heterocycles. The van der Waals surface area contributed by atoms with E-state index in [9.17, 15) is 4.79 Å². The van der Waals surface area contributed by atoms with Gasteiger partial charge in [-0.3, -0.25) is 4.79 Å². The highest BCUT2D eigenvalue weighted by Gasteiger charge is 2.53. The van der Waals surface area contributed by atoms with Crippen molar-refractivity contribution in [2.24, 2.45) is 5.92 Å². The first kappa shape index (κ1) is 12.1. The van der Waals surface area contributed by atoms with Crippen molar-refractivity contribution < 1.29 is 4.79 Å². The highest BCUT2D eigenvalue weighted by atomic mass is 35.5. The summed E-state index contributed by atoms with van der Waals surface area (Å²) in [5.41, 5.74) is 0.731. The van der Waals surface area contributed by atoms with E-state index in [1.165, 1.54) is 0 Å². The molecular formula is C13H14ClN5O. The number of rotatable bonds is 2. The summed E-state index contributed by atoms with van der Waals surface area (Å²) >= 11 is 5.85. The Morgan fingerprint density at radius 3 is 3.10 bits per heavy atom. The Bertz CT molecular complexity index is 699. The van der Waals surface area contributed by atoms with Crippen LogP contribution < -0.4 is 0 Å². The van der Waals surface area contributed by atoms with Crippen molar-refractivity contribution in [1.82, 2.24) is 24.6 Å². The van der Waals surface area contributed by atoms with Crippen LogP contribution in [0.25, 0.3) is 11.0 Å². The van der Waals surface area contributed by atoms with Gasteiger partial charge in [-0.15, -0.1) is 0 Å². The molecule has 1 saturated heterocycles. The zero-order valence-electron chi connectivity index (χ0n) is 11.0. The van der Waals surface area contributed by atoms with Gasteiger partial charge in [-0.05, 0) is 30.4 Å². The average molecular weight is 292 g/mol. The second-order valence-corrected chi connectivity index (χ2v) is 5.96. The Hall–Kier alpha value is -1.69. The minimum Gasteiger partial charge on any atom is -0.335 e. The number of piperidine rings is 1. The second-order valence-electron chi connectivity index (χ2n) is 5.62. The Morgan fingerprint density at radius 2 is 2.30 bits per heavy atom. The minimum atomic E-state index is 0.157. The van der Waals surface area contributed by atoms with Gasteiger partial charge in [-0.25, -0.2) is 9.67 Å². The third-order valence-electron chi connectivity index (χ3n) is 4.31. The van der Waals surface area contributed by atoms with Crippen molar-refractivity contribution in [2.45, 2.75) is 38.4 Å². The molecule has 0 radical (unpaired) electrons. The number of hydrogen-bond donors (Lipinski definition) is 0. The molecule has 104 valence electrons. The number of aromatic nitrogens is 4. The molecule has 0 unspecified atom stereocenters. The van der Waals surface area contributed by atoms with E-state index in [2.05, 4.69) is 15.1 Å². The first-order chi connectivity index (χ1) is 9.63. The highest BCUT2D eigenvalue weighted by molar-refractivity contribution is 6.28. The van der Waals surface area contributed by atoms with E-state index in [4.69, 9.17) is 11.6 Å². The topological polar surface area (TPSA) is 63.9 Å². The van der Waals surface area contributed by atoms with Gasteiger partial charge in [0.15, 0.2) is 5.65 Å². The average Bonchev–Trinajstić information content (AvgIpc) is 2.89. The molecule has 3 atom stereocenters. The summed E-state index contributed by atoms with van der Waals surface area (Å²) in [6.45, 7) is 2.32. The normalized spacial score (nSPS) is 27.9. The second kappa shape index (κ2) is 4.15. The van der Waals surface area contributed by atoms with Crippen LogP contribution in [0.2, 0.25) is 5.28 Å². The van der Waals surface area contributed by atoms with E-state index >= 15 is 0 Å². The van der Waals surface area contributed by atoms with Gasteiger partial charge >= 0.3 is 0 Å². The summed E-state index contributed by atoms with van der Waals surface area (Å²) in [5, 5.41) is 5.44. The number of halogens is 1. The van der Waals surface area contributed by atoms with Crippen LogP contribution in [0.15, 0.2) is 12.4 Å². The maximum absolute atomic E-state index is 11.8. The minimum absolute atomic E-state index is 0.157. The lowest BCUT2D eigenvalue weighted by Gasteiger charge is -2.26. The third-order valence-corrected chi connectivity index (χ3v) is 4.49. The van der Waals surface area contributed by atoms with Crippen LogP contribution in [-0.4, -0.2) is 42.6 Å². The molecule has 1 aliphatic carbocycles. The number of nitrogens with zero attached hydrogens (tertiary/aromatic N) is 5. The van der Waals surface area contributed by atoms with Crippen LogP contribution >= 0.6 is 11.6 Å². The lowest BCUT2D eigenvalue weighted by molar-refractivity contribution is -0.131. The van der Waals surface area contributed by atoms with Crippen molar-refractivity contribution in [3.8, 4) is 0 Å². The number of amides is 1. The lowest BCUT2D eigenvalue weighted by atomic mass is 10.1. The van der Waals surface area contributed by atoms with Crippen molar-refractivity contribution in [3.05, 3.63) is 17.7 Å². The van der Waals surface area contributed by atoms with E-state index in [0.717, 1.165) is 23.9 Å². The van der Waals surface area contributed by atoms with Gasteiger partial charge in [0.05, 0.1) is 24.2 Å². The molecule has 3 heterocycles. The van der Waals surface area contributed by atoms with E-state index in [1.807, 2.05) is 9.58 Å². The van der Waals surface area contributed by atoms with Gasteiger partial charge in [0, 0.05) is 19.2 Å². The zero-order chi connectivity index (χ0) is 13.9. The van der Waals surface area contributed by atoms with E-state index in [0.29, 0.717) is 18.5 Å². The fraction of sp³-hybridized carbons (Fsp3) is 0.538. The molecule has 0 bridgehead atoms. The number of fused-ring (bicyclic) bond motifs is 2. The molecule has 1 amide bonds. The summed E-state index contributed by atoms with van der Waals surface area (Å²) in [7, 11) is 0. The fourth-order valence-electron chi connectivity index (χ4n) is 3.39. The van der Waals surface area contributed by atoms with Crippen molar-refractivity contribution >= 4 is 28.5 Å². The lowest BCUT2D eigenvalue weighted by Crippen LogP contribution is -2.39. The molecule has 1 aliphatic heterocycles. The van der Waals surface area contributed by atoms with E-state index in [-0.39, 0.29) is 17.2 Å². The van der Waals surface area contributed by atoms with Crippen molar-refractivity contribution in [2.75, 3.05) is 0 Å². The number of carbonyl (C=O) groups excluding carboxylic acids is 1. The largest absolute Gasteiger partial charge is 0.335 e. The Labute approximate surface area is 120 Å². The van der Waals surface area contributed by atoms with Crippen molar-refractivity contribution in [3.63, 3.8) is 0 Å².